The van der Waals surface area contributed by atoms with Crippen LogP contribution in [0.2, 0.25) is 0 Å². The molecule has 0 aliphatic heterocycles. The summed E-state index contributed by atoms with van der Waals surface area (Å²) < 4.78 is 0. The fourth-order valence-electron chi connectivity index (χ4n) is 2.22. The van der Waals surface area contributed by atoms with E-state index >= 15 is 0 Å². The molecule has 1 fully saturated rings. The smallest absolute Gasteiger partial charge is 0.125 e. The molecule has 84 valence electrons. The summed E-state index contributed by atoms with van der Waals surface area (Å²) in [7, 11) is 0. The molecule has 0 aromatic heterocycles. The second-order valence-electron chi connectivity index (χ2n) is 4.81. The Labute approximate surface area is 97.5 Å². The van der Waals surface area contributed by atoms with Crippen LogP contribution in [0, 0.1) is 25.7 Å². The maximum atomic E-state index is 10.1. The van der Waals surface area contributed by atoms with E-state index in [-0.39, 0.29) is 0 Å². The molecule has 0 radical (unpaired) electrons. The molecule has 1 N–H and O–H groups in total. The van der Waals surface area contributed by atoms with Gasteiger partial charge in [0.05, 0.1) is 0 Å². The molecular formula is C15H18O. The molecule has 1 saturated carbocycles. The normalized spacial score (nSPS) is 17.9. The molecule has 1 nitrogen and oxygen atoms in total. The van der Waals surface area contributed by atoms with Gasteiger partial charge in [0.25, 0.3) is 0 Å². The number of aryl methyl sites for hydroxylation is 2. The molecule has 1 aliphatic rings. The van der Waals surface area contributed by atoms with Gasteiger partial charge in [-0.05, 0) is 51.2 Å². The summed E-state index contributed by atoms with van der Waals surface area (Å²) in [5.41, 5.74) is 2.75. The van der Waals surface area contributed by atoms with Crippen molar-refractivity contribution in [1.82, 2.24) is 0 Å². The van der Waals surface area contributed by atoms with Crippen molar-refractivity contribution in [1.29, 1.82) is 0 Å². The third-order valence-electron chi connectivity index (χ3n) is 3.24. The highest BCUT2D eigenvalue weighted by Gasteiger charge is 2.28. The first-order valence-corrected chi connectivity index (χ1v) is 5.92. The first kappa shape index (κ1) is 11.2. The van der Waals surface area contributed by atoms with Gasteiger partial charge in [-0.3, -0.25) is 0 Å². The quantitative estimate of drug-likeness (QED) is 0.658. The van der Waals surface area contributed by atoms with Crippen LogP contribution in [0.25, 0.3) is 0 Å². The van der Waals surface area contributed by atoms with Crippen LogP contribution in [0.3, 0.4) is 0 Å². The Hall–Kier alpha value is -1.26. The van der Waals surface area contributed by atoms with E-state index < -0.39 is 5.60 Å². The second-order valence-corrected chi connectivity index (χ2v) is 4.81. The standard InChI is InChI=1S/C15H18O/c1-12-5-6-14(13(2)11-12)7-10-15(16)8-3-4-9-15/h5-6,11,16H,3-4,8-9H2,1-2H3. The van der Waals surface area contributed by atoms with E-state index in [0.29, 0.717) is 0 Å². The molecule has 0 heterocycles. The molecule has 2 rings (SSSR count). The number of hydrogen-bond donors (Lipinski definition) is 1. The van der Waals surface area contributed by atoms with Crippen molar-refractivity contribution in [2.24, 2.45) is 0 Å². The Morgan fingerprint density at radius 3 is 2.50 bits per heavy atom. The van der Waals surface area contributed by atoms with E-state index in [4.69, 9.17) is 0 Å². The summed E-state index contributed by atoms with van der Waals surface area (Å²) in [4.78, 5) is 0. The van der Waals surface area contributed by atoms with Crippen LogP contribution in [-0.2, 0) is 0 Å². The molecule has 1 heteroatoms. The summed E-state index contributed by atoms with van der Waals surface area (Å²) in [6.45, 7) is 4.14. The maximum absolute atomic E-state index is 10.1. The van der Waals surface area contributed by atoms with Crippen molar-refractivity contribution in [3.8, 4) is 11.8 Å². The Bertz CT molecular complexity index is 442. The van der Waals surface area contributed by atoms with Crippen LogP contribution in [-0.4, -0.2) is 10.7 Å². The zero-order valence-corrected chi connectivity index (χ0v) is 10.0. The van der Waals surface area contributed by atoms with E-state index in [1.165, 1.54) is 11.1 Å². The zero-order valence-electron chi connectivity index (χ0n) is 10.0. The Morgan fingerprint density at radius 1 is 1.19 bits per heavy atom. The van der Waals surface area contributed by atoms with E-state index in [9.17, 15) is 5.11 Å². The molecule has 16 heavy (non-hydrogen) atoms. The van der Waals surface area contributed by atoms with Gasteiger partial charge in [0.2, 0.25) is 0 Å². The van der Waals surface area contributed by atoms with E-state index in [2.05, 4.69) is 37.8 Å². The maximum Gasteiger partial charge on any atom is 0.125 e. The van der Waals surface area contributed by atoms with Gasteiger partial charge in [-0.1, -0.05) is 29.5 Å². The third kappa shape index (κ3) is 2.46. The number of benzene rings is 1. The monoisotopic (exact) mass is 214 g/mol. The first-order chi connectivity index (χ1) is 7.59. The highest BCUT2D eigenvalue weighted by Crippen LogP contribution is 2.28. The average Bonchev–Trinajstić information content (AvgIpc) is 2.64. The van der Waals surface area contributed by atoms with Crippen molar-refractivity contribution in [3.63, 3.8) is 0 Å². The van der Waals surface area contributed by atoms with Gasteiger partial charge in [-0.15, -0.1) is 0 Å². The summed E-state index contributed by atoms with van der Waals surface area (Å²) >= 11 is 0. The fourth-order valence-corrected chi connectivity index (χ4v) is 2.22. The topological polar surface area (TPSA) is 20.2 Å². The molecule has 0 saturated heterocycles. The highest BCUT2D eigenvalue weighted by molar-refractivity contribution is 5.43. The molecule has 0 spiro atoms. The SMILES string of the molecule is Cc1ccc(C#CC2(O)CCCC2)c(C)c1. The van der Waals surface area contributed by atoms with Gasteiger partial charge in [-0.25, -0.2) is 0 Å². The molecule has 0 amide bonds. The fraction of sp³-hybridized carbons (Fsp3) is 0.467. The van der Waals surface area contributed by atoms with Gasteiger partial charge in [0, 0.05) is 5.56 Å². The van der Waals surface area contributed by atoms with Gasteiger partial charge in [0.15, 0.2) is 0 Å². The van der Waals surface area contributed by atoms with Crippen molar-refractivity contribution in [2.75, 3.05) is 0 Å². The number of rotatable bonds is 0. The Balaban J connectivity index is 2.23. The minimum absolute atomic E-state index is 0.725. The summed E-state index contributed by atoms with van der Waals surface area (Å²) in [6.07, 6.45) is 3.84. The van der Waals surface area contributed by atoms with Crippen LogP contribution in [0.4, 0.5) is 0 Å². The molecule has 1 aromatic carbocycles. The van der Waals surface area contributed by atoms with Crippen LogP contribution in [0.5, 0.6) is 0 Å². The third-order valence-corrected chi connectivity index (χ3v) is 3.24. The van der Waals surface area contributed by atoms with Gasteiger partial charge in [-0.2, -0.15) is 0 Å². The highest BCUT2D eigenvalue weighted by atomic mass is 16.3. The van der Waals surface area contributed by atoms with Crippen LogP contribution >= 0.6 is 0 Å². The first-order valence-electron chi connectivity index (χ1n) is 5.92. The van der Waals surface area contributed by atoms with Crippen LogP contribution in [0.15, 0.2) is 18.2 Å². The molecular weight excluding hydrogens is 196 g/mol. The van der Waals surface area contributed by atoms with Crippen molar-refractivity contribution in [3.05, 3.63) is 34.9 Å². The zero-order chi connectivity index (χ0) is 11.6. The number of hydrogen-bond acceptors (Lipinski definition) is 1. The van der Waals surface area contributed by atoms with Crippen molar-refractivity contribution >= 4 is 0 Å². The van der Waals surface area contributed by atoms with E-state index in [1.54, 1.807) is 0 Å². The minimum Gasteiger partial charge on any atom is -0.378 e. The lowest BCUT2D eigenvalue weighted by Crippen LogP contribution is -2.20. The molecule has 0 atom stereocenters. The van der Waals surface area contributed by atoms with Crippen molar-refractivity contribution < 1.29 is 5.11 Å². The second kappa shape index (κ2) is 4.31. The summed E-state index contributed by atoms with van der Waals surface area (Å²) in [5.74, 6) is 6.16. The average molecular weight is 214 g/mol. The van der Waals surface area contributed by atoms with Crippen LogP contribution in [0.1, 0.15) is 42.4 Å². The largest absolute Gasteiger partial charge is 0.378 e. The lowest BCUT2D eigenvalue weighted by atomic mass is 10.0. The lowest BCUT2D eigenvalue weighted by Gasteiger charge is -2.13. The van der Waals surface area contributed by atoms with E-state index in [1.807, 2.05) is 6.07 Å². The summed E-state index contributed by atoms with van der Waals surface area (Å²) in [5, 5.41) is 10.1. The molecule has 0 bridgehead atoms. The van der Waals surface area contributed by atoms with Crippen LogP contribution < -0.4 is 0 Å². The predicted molar refractivity (Wildman–Crippen MR) is 66.2 cm³/mol. The van der Waals surface area contributed by atoms with Gasteiger partial charge in [0.1, 0.15) is 5.60 Å². The Morgan fingerprint density at radius 2 is 1.88 bits per heavy atom. The Kier molecular flexibility index (Phi) is 3.03. The van der Waals surface area contributed by atoms with Gasteiger partial charge < -0.3 is 5.11 Å². The summed E-state index contributed by atoms with van der Waals surface area (Å²) in [6, 6.07) is 6.23. The van der Waals surface area contributed by atoms with E-state index in [0.717, 1.165) is 31.2 Å². The lowest BCUT2D eigenvalue weighted by molar-refractivity contribution is 0.110. The van der Waals surface area contributed by atoms with Crippen molar-refractivity contribution in [2.45, 2.75) is 45.1 Å². The molecule has 0 unspecified atom stereocenters. The number of aliphatic hydroxyl groups is 1. The molecule has 1 aromatic rings. The predicted octanol–water partition coefficient (Wildman–Crippen LogP) is 2.96. The molecule has 1 aliphatic carbocycles. The van der Waals surface area contributed by atoms with Gasteiger partial charge >= 0.3 is 0 Å². The minimum atomic E-state index is -0.725.